The second kappa shape index (κ2) is 8.46. The molecule has 9 heteroatoms. The normalized spacial score (nSPS) is 30.5. The van der Waals surface area contributed by atoms with Gasteiger partial charge in [0.05, 0.1) is 47.2 Å². The lowest BCUT2D eigenvalue weighted by atomic mass is 9.57. The molecule has 1 aromatic carbocycles. The van der Waals surface area contributed by atoms with Crippen LogP contribution in [0.2, 0.25) is 0 Å². The van der Waals surface area contributed by atoms with Crippen LogP contribution in [0, 0.1) is 18.3 Å². The van der Waals surface area contributed by atoms with Crippen LogP contribution in [0.15, 0.2) is 59.8 Å². The minimum Gasteiger partial charge on any atom is -0.487 e. The van der Waals surface area contributed by atoms with Crippen molar-refractivity contribution in [3.8, 4) is 5.75 Å². The van der Waals surface area contributed by atoms with Crippen LogP contribution in [0.3, 0.4) is 0 Å². The van der Waals surface area contributed by atoms with Crippen LogP contribution in [-0.4, -0.2) is 55.1 Å². The molecule has 2 aliphatic carbocycles. The summed E-state index contributed by atoms with van der Waals surface area (Å²) in [5, 5.41) is 10.3. The standard InChI is InChI=1S/C31H32F2N4O3/c1-18-4-5-19(34-13-18)14-40-20-6-9-23-24(12-20)37-15-29(2)10-11-30(3,36-16-31(32,33)17-36)22-8-7-21(28(38)39)25(26(22)29)27(37)35-23/h4-6,9-13,21,25H,7-8,14-17H2,1-3H3,(H,38,39)/t21-,25-,29?,30?/m0/s1. The fourth-order valence-corrected chi connectivity index (χ4v) is 7.29. The molecule has 208 valence electrons. The van der Waals surface area contributed by atoms with Gasteiger partial charge in [0.1, 0.15) is 18.2 Å². The Balaban J connectivity index is 1.31. The number of carboxylic acids is 1. The number of halogens is 2. The average Bonchev–Trinajstić information content (AvgIpc) is 3.26. The molecule has 4 aliphatic rings. The van der Waals surface area contributed by atoms with E-state index in [1.54, 1.807) is 0 Å². The summed E-state index contributed by atoms with van der Waals surface area (Å²) in [6, 6.07) is 9.71. The SMILES string of the molecule is Cc1ccc(COc2ccc3nc4n(c3c2)CC2(C)C=CC(C)(N3CC(F)(F)C3)C3=C2[C@@H]4[C@@H](C(=O)O)CC3)nc1. The molecule has 0 amide bonds. The third-order valence-electron chi connectivity index (χ3n) is 9.44. The number of carboxylic acid groups (broad SMARTS) is 1. The molecule has 1 fully saturated rings. The lowest BCUT2D eigenvalue weighted by Crippen LogP contribution is -2.66. The molecular weight excluding hydrogens is 514 g/mol. The van der Waals surface area contributed by atoms with Crippen LogP contribution < -0.4 is 4.74 Å². The van der Waals surface area contributed by atoms with Crippen molar-refractivity contribution in [2.24, 2.45) is 11.3 Å². The van der Waals surface area contributed by atoms with Crippen molar-refractivity contribution >= 4 is 17.0 Å². The van der Waals surface area contributed by atoms with Crippen molar-refractivity contribution in [3.05, 3.63) is 76.9 Å². The lowest BCUT2D eigenvalue weighted by molar-refractivity contribution is -0.153. The Morgan fingerprint density at radius 2 is 1.95 bits per heavy atom. The van der Waals surface area contributed by atoms with Gasteiger partial charge < -0.3 is 14.4 Å². The fourth-order valence-electron chi connectivity index (χ4n) is 7.29. The van der Waals surface area contributed by atoms with Crippen molar-refractivity contribution in [1.82, 2.24) is 19.4 Å². The molecule has 0 saturated carbocycles. The maximum absolute atomic E-state index is 13.9. The number of aromatic nitrogens is 3. The largest absolute Gasteiger partial charge is 0.487 e. The van der Waals surface area contributed by atoms with Crippen molar-refractivity contribution < 1.29 is 23.4 Å². The number of alkyl halides is 2. The van der Waals surface area contributed by atoms with Crippen LogP contribution in [0.5, 0.6) is 5.75 Å². The van der Waals surface area contributed by atoms with Gasteiger partial charge in [-0.3, -0.25) is 14.7 Å². The van der Waals surface area contributed by atoms with E-state index in [0.29, 0.717) is 31.7 Å². The number of rotatable bonds is 5. The predicted octanol–water partition coefficient (Wildman–Crippen LogP) is 5.49. The highest BCUT2D eigenvalue weighted by molar-refractivity contribution is 5.80. The monoisotopic (exact) mass is 546 g/mol. The first kappa shape index (κ1) is 25.4. The van der Waals surface area contributed by atoms with Crippen molar-refractivity contribution in [2.75, 3.05) is 13.1 Å². The number of imidazole rings is 1. The molecule has 3 aromatic rings. The zero-order valence-electron chi connectivity index (χ0n) is 22.8. The van der Waals surface area contributed by atoms with Crippen LogP contribution in [0.25, 0.3) is 11.0 Å². The van der Waals surface area contributed by atoms with E-state index in [-0.39, 0.29) is 13.1 Å². The Morgan fingerprint density at radius 3 is 2.65 bits per heavy atom. The molecule has 4 atom stereocenters. The number of aryl methyl sites for hydroxylation is 1. The Morgan fingerprint density at radius 1 is 1.15 bits per heavy atom. The van der Waals surface area contributed by atoms with Crippen LogP contribution in [0.4, 0.5) is 8.78 Å². The second-order valence-corrected chi connectivity index (χ2v) is 12.3. The first-order valence-electron chi connectivity index (χ1n) is 13.8. The average molecular weight is 547 g/mol. The minimum absolute atomic E-state index is 0.284. The van der Waals surface area contributed by atoms with Gasteiger partial charge in [-0.2, -0.15) is 0 Å². The Kier molecular flexibility index (Phi) is 5.37. The smallest absolute Gasteiger partial charge is 0.307 e. The first-order valence-corrected chi connectivity index (χ1v) is 13.8. The van der Waals surface area contributed by atoms with E-state index >= 15 is 0 Å². The van der Waals surface area contributed by atoms with Gasteiger partial charge in [0.25, 0.3) is 5.92 Å². The van der Waals surface area contributed by atoms with E-state index < -0.39 is 34.7 Å². The zero-order valence-corrected chi connectivity index (χ0v) is 22.8. The minimum atomic E-state index is -2.68. The summed E-state index contributed by atoms with van der Waals surface area (Å²) in [5.74, 6) is -3.17. The molecule has 0 radical (unpaired) electrons. The molecule has 2 aliphatic heterocycles. The van der Waals surface area contributed by atoms with E-state index in [2.05, 4.69) is 28.6 Å². The van der Waals surface area contributed by atoms with Crippen molar-refractivity contribution in [1.29, 1.82) is 0 Å². The molecule has 7 nitrogen and oxygen atoms in total. The van der Waals surface area contributed by atoms with Crippen LogP contribution in [-0.2, 0) is 17.9 Å². The van der Waals surface area contributed by atoms with Crippen molar-refractivity contribution in [2.45, 2.75) is 64.1 Å². The highest BCUT2D eigenvalue weighted by Gasteiger charge is 2.58. The summed E-state index contributed by atoms with van der Waals surface area (Å²) < 4.78 is 36.1. The summed E-state index contributed by atoms with van der Waals surface area (Å²) in [5.41, 5.74) is 4.62. The molecule has 2 aromatic heterocycles. The number of allylic oxidation sites excluding steroid dienone is 2. The fraction of sp³-hybridized carbons (Fsp3) is 0.452. The summed E-state index contributed by atoms with van der Waals surface area (Å²) >= 11 is 0. The van der Waals surface area contributed by atoms with Gasteiger partial charge in [-0.1, -0.05) is 25.1 Å². The van der Waals surface area contributed by atoms with E-state index in [4.69, 9.17) is 9.72 Å². The second-order valence-electron chi connectivity index (χ2n) is 12.3. The van der Waals surface area contributed by atoms with E-state index in [9.17, 15) is 18.7 Å². The topological polar surface area (TPSA) is 80.5 Å². The summed E-state index contributed by atoms with van der Waals surface area (Å²) in [4.78, 5) is 23.8. The molecule has 4 heterocycles. The van der Waals surface area contributed by atoms with Gasteiger partial charge in [-0.15, -0.1) is 0 Å². The number of benzene rings is 1. The van der Waals surface area contributed by atoms with Gasteiger partial charge in [0.15, 0.2) is 0 Å². The number of hydrogen-bond donors (Lipinski definition) is 1. The number of aliphatic carboxylic acids is 1. The highest BCUT2D eigenvalue weighted by atomic mass is 19.3. The summed E-state index contributed by atoms with van der Waals surface area (Å²) in [7, 11) is 0. The number of likely N-dealkylation sites (tertiary alicyclic amines) is 1. The molecular formula is C31H32F2N4O3. The molecule has 7 rings (SSSR count). The van der Waals surface area contributed by atoms with Gasteiger partial charge in [-0.05, 0) is 61.6 Å². The number of ether oxygens (including phenoxy) is 1. The number of hydrogen-bond acceptors (Lipinski definition) is 5. The Hall–Kier alpha value is -3.59. The summed E-state index contributed by atoms with van der Waals surface area (Å²) in [6.07, 6.45) is 7.04. The quantitative estimate of drug-likeness (QED) is 0.426. The number of nitrogens with zero attached hydrogens (tertiary/aromatic N) is 4. The third kappa shape index (κ3) is 3.73. The van der Waals surface area contributed by atoms with Crippen molar-refractivity contribution in [3.63, 3.8) is 0 Å². The third-order valence-corrected chi connectivity index (χ3v) is 9.44. The molecule has 0 spiro atoms. The Labute approximate surface area is 231 Å². The molecule has 0 bridgehead atoms. The van der Waals surface area contributed by atoms with Crippen LogP contribution in [0.1, 0.15) is 49.7 Å². The van der Waals surface area contributed by atoms with E-state index in [1.165, 1.54) is 0 Å². The van der Waals surface area contributed by atoms with Gasteiger partial charge in [0, 0.05) is 24.2 Å². The first-order chi connectivity index (χ1) is 19.0. The molecule has 1 saturated heterocycles. The Bertz CT molecular complexity index is 1600. The molecule has 40 heavy (non-hydrogen) atoms. The maximum atomic E-state index is 13.9. The van der Waals surface area contributed by atoms with E-state index in [0.717, 1.165) is 39.3 Å². The zero-order chi connectivity index (χ0) is 28.0. The number of fused-ring (bicyclic) bond motifs is 4. The van der Waals surface area contributed by atoms with Gasteiger partial charge in [-0.25, -0.2) is 13.8 Å². The maximum Gasteiger partial charge on any atom is 0.307 e. The lowest BCUT2D eigenvalue weighted by Gasteiger charge is -2.57. The van der Waals surface area contributed by atoms with Gasteiger partial charge >= 0.3 is 5.97 Å². The summed E-state index contributed by atoms with van der Waals surface area (Å²) in [6.45, 7) is 6.49. The molecule has 1 N–H and O–H groups in total. The highest BCUT2D eigenvalue weighted by Crippen LogP contribution is 2.59. The van der Waals surface area contributed by atoms with Gasteiger partial charge in [0.2, 0.25) is 0 Å². The van der Waals surface area contributed by atoms with Crippen LogP contribution >= 0.6 is 0 Å². The number of carbonyl (C=O) groups is 1. The van der Waals surface area contributed by atoms with E-state index in [1.807, 2.05) is 55.3 Å². The predicted molar refractivity (Wildman–Crippen MR) is 145 cm³/mol. The molecule has 2 unspecified atom stereocenters. The number of pyridine rings is 1.